The number of nitro benzene ring substituents is 1. The van der Waals surface area contributed by atoms with Crippen molar-refractivity contribution in [3.8, 4) is 0 Å². The Balaban J connectivity index is 2.22. The van der Waals surface area contributed by atoms with Crippen molar-refractivity contribution in [2.75, 3.05) is 5.32 Å². The molecule has 1 aromatic heterocycles. The van der Waals surface area contributed by atoms with E-state index in [1.807, 2.05) is 10.6 Å². The highest BCUT2D eigenvalue weighted by atomic mass is 79.9. The van der Waals surface area contributed by atoms with Crippen LogP contribution in [0.1, 0.15) is 45.6 Å². The van der Waals surface area contributed by atoms with E-state index in [0.29, 0.717) is 20.5 Å². The Morgan fingerprint density at radius 3 is 2.61 bits per heavy atom. The fourth-order valence-electron chi connectivity index (χ4n) is 3.20. The zero-order valence-corrected chi connectivity index (χ0v) is 16.1. The van der Waals surface area contributed by atoms with E-state index in [9.17, 15) is 10.1 Å². The first kappa shape index (κ1) is 16.7. The van der Waals surface area contributed by atoms with E-state index in [-0.39, 0.29) is 16.7 Å². The molecule has 124 valence electrons. The van der Waals surface area contributed by atoms with Crippen LogP contribution in [-0.2, 0) is 0 Å². The van der Waals surface area contributed by atoms with Crippen molar-refractivity contribution >= 4 is 54.5 Å². The molecule has 0 bridgehead atoms. The molecule has 0 aliphatic heterocycles. The summed E-state index contributed by atoms with van der Waals surface area (Å²) in [6.07, 6.45) is 4.68. The maximum Gasteiger partial charge on any atom is 0.312 e. The van der Waals surface area contributed by atoms with Crippen LogP contribution >= 0.6 is 31.9 Å². The number of nitro groups is 1. The number of hydrogen-bond acceptors (Lipinski definition) is 4. The Hall–Kier alpha value is -1.15. The van der Waals surface area contributed by atoms with Gasteiger partial charge in [-0.05, 0) is 64.6 Å². The number of hydrogen-bond donors (Lipinski definition) is 1. The molecule has 0 amide bonds. The van der Waals surface area contributed by atoms with Crippen LogP contribution in [0.15, 0.2) is 15.0 Å². The average molecular weight is 446 g/mol. The molecular weight excluding hydrogens is 428 g/mol. The number of anilines is 1. The first-order valence-corrected chi connectivity index (χ1v) is 9.29. The number of nitrogens with one attached hydrogen (secondary N) is 1. The second-order valence-corrected chi connectivity index (χ2v) is 7.82. The molecule has 8 heteroatoms. The van der Waals surface area contributed by atoms with Crippen molar-refractivity contribution in [1.82, 2.24) is 9.55 Å². The molecule has 0 spiro atoms. The van der Waals surface area contributed by atoms with Crippen LogP contribution < -0.4 is 5.32 Å². The smallest absolute Gasteiger partial charge is 0.312 e. The van der Waals surface area contributed by atoms with Crippen LogP contribution in [0.2, 0.25) is 0 Å². The van der Waals surface area contributed by atoms with Crippen molar-refractivity contribution < 1.29 is 4.92 Å². The van der Waals surface area contributed by atoms with Gasteiger partial charge in [-0.1, -0.05) is 12.8 Å². The third-order valence-corrected chi connectivity index (χ3v) is 6.20. The summed E-state index contributed by atoms with van der Waals surface area (Å²) in [6, 6.07) is 2.44. The number of aromatic nitrogens is 2. The van der Waals surface area contributed by atoms with Crippen LogP contribution in [0.3, 0.4) is 0 Å². The Morgan fingerprint density at radius 2 is 2.04 bits per heavy atom. The summed E-state index contributed by atoms with van der Waals surface area (Å²) in [5.74, 6) is 0.718. The summed E-state index contributed by atoms with van der Waals surface area (Å²) in [5, 5.41) is 15.0. The van der Waals surface area contributed by atoms with Crippen molar-refractivity contribution in [2.24, 2.45) is 0 Å². The number of rotatable bonds is 4. The van der Waals surface area contributed by atoms with E-state index in [2.05, 4.69) is 56.0 Å². The van der Waals surface area contributed by atoms with Crippen LogP contribution in [-0.4, -0.2) is 20.5 Å². The summed E-state index contributed by atoms with van der Waals surface area (Å²) in [4.78, 5) is 15.7. The van der Waals surface area contributed by atoms with Gasteiger partial charge in [0, 0.05) is 16.6 Å². The highest BCUT2D eigenvalue weighted by Gasteiger charge is 2.27. The molecule has 0 saturated heterocycles. The lowest BCUT2D eigenvalue weighted by Crippen LogP contribution is -2.18. The van der Waals surface area contributed by atoms with E-state index in [1.165, 1.54) is 12.8 Å². The zero-order valence-electron chi connectivity index (χ0n) is 13.0. The standard InChI is InChI=1S/C15H18Br2N4O2/c1-8(2)20-11-7-10(16)12(17)14(21(22)23)13(11)19-15(20)18-9-5-3-4-6-9/h7-9H,3-6H2,1-2H3,(H,18,19). The predicted octanol–water partition coefficient (Wildman–Crippen LogP) is 5.40. The Kier molecular flexibility index (Phi) is 4.64. The molecule has 1 aliphatic carbocycles. The fraction of sp³-hybridized carbons (Fsp3) is 0.533. The van der Waals surface area contributed by atoms with Gasteiger partial charge in [0.05, 0.1) is 10.4 Å². The maximum atomic E-state index is 11.5. The van der Waals surface area contributed by atoms with Gasteiger partial charge >= 0.3 is 5.69 Å². The Labute approximate surface area is 151 Å². The number of fused-ring (bicyclic) bond motifs is 1. The second-order valence-electron chi connectivity index (χ2n) is 6.17. The number of halogens is 2. The molecular formula is C15H18Br2N4O2. The van der Waals surface area contributed by atoms with E-state index in [1.54, 1.807) is 0 Å². The molecule has 1 aliphatic rings. The minimum absolute atomic E-state index is 0.00301. The molecule has 1 heterocycles. The predicted molar refractivity (Wildman–Crippen MR) is 98.1 cm³/mol. The lowest BCUT2D eigenvalue weighted by molar-refractivity contribution is -0.384. The molecule has 0 unspecified atom stereocenters. The normalized spacial score (nSPS) is 15.7. The lowest BCUT2D eigenvalue weighted by Gasteiger charge is -2.17. The Bertz CT molecular complexity index is 767. The van der Waals surface area contributed by atoms with Gasteiger partial charge in [-0.15, -0.1) is 0 Å². The van der Waals surface area contributed by atoms with E-state index >= 15 is 0 Å². The fourth-order valence-corrected chi connectivity index (χ4v) is 4.05. The highest BCUT2D eigenvalue weighted by molar-refractivity contribution is 9.13. The maximum absolute atomic E-state index is 11.5. The van der Waals surface area contributed by atoms with Crippen molar-refractivity contribution in [1.29, 1.82) is 0 Å². The largest absolute Gasteiger partial charge is 0.353 e. The number of nitrogens with zero attached hydrogens (tertiary/aromatic N) is 3. The first-order valence-electron chi connectivity index (χ1n) is 7.71. The third kappa shape index (κ3) is 2.98. The SMILES string of the molecule is CC(C)n1c(NC2CCCC2)nc2c([N+](=O)[O-])c(Br)c(Br)cc21. The summed E-state index contributed by atoms with van der Waals surface area (Å²) in [6.45, 7) is 4.12. The lowest BCUT2D eigenvalue weighted by atomic mass is 10.2. The van der Waals surface area contributed by atoms with Gasteiger partial charge in [0.1, 0.15) is 4.47 Å². The molecule has 0 radical (unpaired) electrons. The number of benzene rings is 1. The molecule has 23 heavy (non-hydrogen) atoms. The van der Waals surface area contributed by atoms with E-state index in [4.69, 9.17) is 0 Å². The number of imidazole rings is 1. The molecule has 1 aromatic carbocycles. The van der Waals surface area contributed by atoms with Crippen LogP contribution in [0.5, 0.6) is 0 Å². The second kappa shape index (κ2) is 6.39. The third-order valence-electron chi connectivity index (χ3n) is 4.24. The van der Waals surface area contributed by atoms with Crippen LogP contribution in [0.25, 0.3) is 11.0 Å². The molecule has 6 nitrogen and oxygen atoms in total. The molecule has 1 fully saturated rings. The Morgan fingerprint density at radius 1 is 1.39 bits per heavy atom. The van der Waals surface area contributed by atoms with Gasteiger partial charge in [0.15, 0.2) is 5.52 Å². The van der Waals surface area contributed by atoms with E-state index < -0.39 is 0 Å². The minimum atomic E-state index is -0.381. The first-order chi connectivity index (χ1) is 10.9. The summed E-state index contributed by atoms with van der Waals surface area (Å²) in [5.41, 5.74) is 1.18. The van der Waals surface area contributed by atoms with Gasteiger partial charge in [-0.2, -0.15) is 0 Å². The van der Waals surface area contributed by atoms with Gasteiger partial charge in [0.2, 0.25) is 5.95 Å². The minimum Gasteiger partial charge on any atom is -0.353 e. The van der Waals surface area contributed by atoms with Crippen LogP contribution in [0, 0.1) is 10.1 Å². The molecule has 1 N–H and O–H groups in total. The van der Waals surface area contributed by atoms with Gasteiger partial charge in [0.25, 0.3) is 0 Å². The van der Waals surface area contributed by atoms with E-state index in [0.717, 1.165) is 24.3 Å². The van der Waals surface area contributed by atoms with Gasteiger partial charge in [-0.25, -0.2) is 4.98 Å². The van der Waals surface area contributed by atoms with Gasteiger partial charge in [-0.3, -0.25) is 10.1 Å². The zero-order chi connectivity index (χ0) is 16.7. The molecule has 0 atom stereocenters. The summed E-state index contributed by atoms with van der Waals surface area (Å²) >= 11 is 6.71. The average Bonchev–Trinajstić information content (AvgIpc) is 3.07. The molecule has 1 saturated carbocycles. The summed E-state index contributed by atoms with van der Waals surface area (Å²) < 4.78 is 3.12. The molecule has 2 aromatic rings. The molecule has 3 rings (SSSR count). The van der Waals surface area contributed by atoms with Crippen molar-refractivity contribution in [2.45, 2.75) is 51.6 Å². The highest BCUT2D eigenvalue weighted by Crippen LogP contribution is 2.41. The van der Waals surface area contributed by atoms with Crippen molar-refractivity contribution in [3.63, 3.8) is 0 Å². The monoisotopic (exact) mass is 444 g/mol. The van der Waals surface area contributed by atoms with Crippen molar-refractivity contribution in [3.05, 3.63) is 25.1 Å². The van der Waals surface area contributed by atoms with Gasteiger partial charge < -0.3 is 9.88 Å². The topological polar surface area (TPSA) is 73.0 Å². The summed E-state index contributed by atoms with van der Waals surface area (Å²) in [7, 11) is 0. The van der Waals surface area contributed by atoms with Crippen LogP contribution in [0.4, 0.5) is 11.6 Å². The quantitative estimate of drug-likeness (QED) is 0.504.